The molecule has 0 aliphatic rings. The number of unbranched alkanes of at least 4 members (excludes halogenated alkanes) is 33. The molecule has 0 aliphatic heterocycles. The van der Waals surface area contributed by atoms with Gasteiger partial charge >= 0.3 is 17.9 Å². The van der Waals surface area contributed by atoms with Gasteiger partial charge < -0.3 is 14.2 Å². The molecule has 0 bridgehead atoms. The summed E-state index contributed by atoms with van der Waals surface area (Å²) in [5.74, 6) is 0.781. The lowest BCUT2D eigenvalue weighted by atomic mass is 10.0. The predicted octanol–water partition coefficient (Wildman–Crippen LogP) is 17.3. The molecular weight excluding hydrogens is 745 g/mol. The molecule has 6 heteroatoms. The van der Waals surface area contributed by atoms with Gasteiger partial charge in [0.1, 0.15) is 13.2 Å². The van der Waals surface area contributed by atoms with Gasteiger partial charge in [0, 0.05) is 19.3 Å². The molecule has 0 spiro atoms. The maximum Gasteiger partial charge on any atom is 0.306 e. The second kappa shape index (κ2) is 46.9. The first-order valence-corrected chi connectivity index (χ1v) is 26.7. The Balaban J connectivity index is 4.27. The zero-order chi connectivity index (χ0) is 44.0. The minimum Gasteiger partial charge on any atom is -0.462 e. The number of carbonyl (C=O) groups is 3. The van der Waals surface area contributed by atoms with E-state index in [4.69, 9.17) is 14.2 Å². The molecule has 0 rings (SSSR count). The van der Waals surface area contributed by atoms with E-state index >= 15 is 0 Å². The number of ether oxygens (including phenoxy) is 3. The zero-order valence-corrected chi connectivity index (χ0v) is 41.1. The first-order chi connectivity index (χ1) is 29.2. The molecule has 0 aromatic carbocycles. The van der Waals surface area contributed by atoms with Gasteiger partial charge in [0.05, 0.1) is 0 Å². The minimum absolute atomic E-state index is 0.0638. The predicted molar refractivity (Wildman–Crippen MR) is 256 cm³/mol. The van der Waals surface area contributed by atoms with Crippen molar-refractivity contribution in [3.8, 4) is 0 Å². The Morgan fingerprint density at radius 3 is 0.817 bits per heavy atom. The molecule has 0 amide bonds. The van der Waals surface area contributed by atoms with Gasteiger partial charge in [-0.15, -0.1) is 0 Å². The van der Waals surface area contributed by atoms with Crippen LogP contribution in [0.15, 0.2) is 0 Å². The highest BCUT2D eigenvalue weighted by molar-refractivity contribution is 5.71. The molecule has 0 saturated heterocycles. The molecule has 0 aromatic rings. The fourth-order valence-electron chi connectivity index (χ4n) is 8.17. The summed E-state index contributed by atoms with van der Waals surface area (Å²) in [6, 6.07) is 0. The van der Waals surface area contributed by atoms with Gasteiger partial charge in [-0.3, -0.25) is 14.4 Å². The van der Waals surface area contributed by atoms with Gasteiger partial charge in [-0.2, -0.15) is 0 Å². The van der Waals surface area contributed by atoms with E-state index in [2.05, 4.69) is 34.6 Å². The molecule has 0 unspecified atom stereocenters. The smallest absolute Gasteiger partial charge is 0.306 e. The maximum atomic E-state index is 12.8. The number of esters is 3. The topological polar surface area (TPSA) is 78.9 Å². The number of rotatable bonds is 48. The summed E-state index contributed by atoms with van der Waals surface area (Å²) in [5.41, 5.74) is 0. The van der Waals surface area contributed by atoms with Crippen LogP contribution in [-0.2, 0) is 28.6 Å². The molecule has 0 aliphatic carbocycles. The fraction of sp³-hybridized carbons (Fsp3) is 0.944. The lowest BCUT2D eigenvalue weighted by Crippen LogP contribution is -2.30. The van der Waals surface area contributed by atoms with Crippen LogP contribution in [0.5, 0.6) is 0 Å². The summed E-state index contributed by atoms with van der Waals surface area (Å²) < 4.78 is 16.8. The van der Waals surface area contributed by atoms with E-state index in [9.17, 15) is 14.4 Å². The second-order valence-corrected chi connectivity index (χ2v) is 19.5. The Morgan fingerprint density at radius 1 is 0.317 bits per heavy atom. The first kappa shape index (κ1) is 58.4. The minimum atomic E-state index is -0.762. The molecular formula is C54H104O6. The van der Waals surface area contributed by atoms with Crippen molar-refractivity contribution in [2.24, 2.45) is 11.8 Å². The Hall–Kier alpha value is -1.59. The van der Waals surface area contributed by atoms with Crippen molar-refractivity contribution in [1.29, 1.82) is 0 Å². The van der Waals surface area contributed by atoms with Gasteiger partial charge in [0.15, 0.2) is 6.10 Å². The quantitative estimate of drug-likeness (QED) is 0.0345. The molecule has 0 heterocycles. The van der Waals surface area contributed by atoms with Gasteiger partial charge in [0.25, 0.3) is 0 Å². The van der Waals surface area contributed by atoms with E-state index in [0.29, 0.717) is 19.3 Å². The number of hydrogen-bond acceptors (Lipinski definition) is 6. The Morgan fingerprint density at radius 2 is 0.550 bits per heavy atom. The summed E-state index contributed by atoms with van der Waals surface area (Å²) in [4.78, 5) is 37.9. The monoisotopic (exact) mass is 849 g/mol. The zero-order valence-electron chi connectivity index (χ0n) is 41.1. The van der Waals surface area contributed by atoms with Crippen molar-refractivity contribution in [2.75, 3.05) is 13.2 Å². The molecule has 6 nitrogen and oxygen atoms in total. The largest absolute Gasteiger partial charge is 0.462 e. The first-order valence-electron chi connectivity index (χ1n) is 26.7. The van der Waals surface area contributed by atoms with Crippen molar-refractivity contribution >= 4 is 17.9 Å². The normalized spacial score (nSPS) is 12.1. The van der Waals surface area contributed by atoms with Crippen molar-refractivity contribution in [3.63, 3.8) is 0 Å². The summed E-state index contributed by atoms with van der Waals surface area (Å²) in [7, 11) is 0. The van der Waals surface area contributed by atoms with E-state index < -0.39 is 6.10 Å². The third-order valence-corrected chi connectivity index (χ3v) is 12.2. The SMILES string of the molecule is CCCCCCCCCCCCCCCCC(=O)OC[C@H](COC(=O)CCCCCCCCCC(C)C)OC(=O)CCCCCCCCCCCCCCCCCC(C)C. The lowest BCUT2D eigenvalue weighted by molar-refractivity contribution is -0.167. The molecule has 0 N–H and O–H groups in total. The van der Waals surface area contributed by atoms with E-state index in [0.717, 1.165) is 69.6 Å². The van der Waals surface area contributed by atoms with Crippen LogP contribution < -0.4 is 0 Å². The third kappa shape index (κ3) is 47.5. The Labute approximate surface area is 374 Å². The van der Waals surface area contributed by atoms with Crippen LogP contribution in [0.3, 0.4) is 0 Å². The molecule has 60 heavy (non-hydrogen) atoms. The standard InChI is InChI=1S/C54H104O6/c1-6-7-8-9-10-11-12-13-18-21-24-29-34-39-44-52(55)58-47-51(48-59-53(56)45-40-35-31-26-28-33-38-43-50(4)5)60-54(57)46-41-36-30-25-22-19-16-14-15-17-20-23-27-32-37-42-49(2)3/h49-51H,6-48H2,1-5H3/t51-/m1/s1. The van der Waals surface area contributed by atoms with Gasteiger partial charge in [-0.05, 0) is 31.1 Å². The summed E-state index contributed by atoms with van der Waals surface area (Å²) in [6.45, 7) is 11.3. The average molecular weight is 849 g/mol. The Kier molecular flexibility index (Phi) is 45.7. The van der Waals surface area contributed by atoms with E-state index in [-0.39, 0.29) is 31.1 Å². The number of carbonyl (C=O) groups excluding carboxylic acids is 3. The average Bonchev–Trinajstić information content (AvgIpc) is 3.22. The summed E-state index contributed by atoms with van der Waals surface area (Å²) in [5, 5.41) is 0. The van der Waals surface area contributed by atoms with Crippen LogP contribution in [0, 0.1) is 11.8 Å². The van der Waals surface area contributed by atoms with Crippen LogP contribution in [-0.4, -0.2) is 37.2 Å². The molecule has 0 radical (unpaired) electrons. The second-order valence-electron chi connectivity index (χ2n) is 19.5. The van der Waals surface area contributed by atoms with Gasteiger partial charge in [-0.1, -0.05) is 259 Å². The van der Waals surface area contributed by atoms with Crippen LogP contribution in [0.4, 0.5) is 0 Å². The summed E-state index contributed by atoms with van der Waals surface area (Å²) >= 11 is 0. The highest BCUT2D eigenvalue weighted by Gasteiger charge is 2.19. The molecule has 0 aromatic heterocycles. The molecule has 0 fully saturated rings. The van der Waals surface area contributed by atoms with Crippen molar-refractivity contribution < 1.29 is 28.6 Å². The Bertz CT molecular complexity index is 916. The van der Waals surface area contributed by atoms with E-state index in [1.54, 1.807) is 0 Å². The van der Waals surface area contributed by atoms with Gasteiger partial charge in [0.2, 0.25) is 0 Å². The van der Waals surface area contributed by atoms with E-state index in [1.165, 1.54) is 186 Å². The molecule has 0 saturated carbocycles. The highest BCUT2D eigenvalue weighted by Crippen LogP contribution is 2.18. The highest BCUT2D eigenvalue weighted by atomic mass is 16.6. The van der Waals surface area contributed by atoms with Crippen molar-refractivity contribution in [2.45, 2.75) is 304 Å². The summed E-state index contributed by atoms with van der Waals surface area (Å²) in [6.07, 6.45) is 48.1. The van der Waals surface area contributed by atoms with Crippen LogP contribution >= 0.6 is 0 Å². The molecule has 1 atom stereocenters. The molecule has 356 valence electrons. The fourth-order valence-corrected chi connectivity index (χ4v) is 8.17. The van der Waals surface area contributed by atoms with Gasteiger partial charge in [-0.25, -0.2) is 0 Å². The lowest BCUT2D eigenvalue weighted by Gasteiger charge is -2.18. The van der Waals surface area contributed by atoms with Crippen LogP contribution in [0.25, 0.3) is 0 Å². The third-order valence-electron chi connectivity index (χ3n) is 12.2. The van der Waals surface area contributed by atoms with Crippen LogP contribution in [0.2, 0.25) is 0 Å². The van der Waals surface area contributed by atoms with Crippen molar-refractivity contribution in [1.82, 2.24) is 0 Å². The maximum absolute atomic E-state index is 12.8. The van der Waals surface area contributed by atoms with Crippen LogP contribution in [0.1, 0.15) is 298 Å². The van der Waals surface area contributed by atoms with Crippen molar-refractivity contribution in [3.05, 3.63) is 0 Å². The number of hydrogen-bond donors (Lipinski definition) is 0. The van der Waals surface area contributed by atoms with E-state index in [1.807, 2.05) is 0 Å².